The van der Waals surface area contributed by atoms with Gasteiger partial charge in [0.1, 0.15) is 5.60 Å². The van der Waals surface area contributed by atoms with E-state index in [2.05, 4.69) is 6.07 Å². The summed E-state index contributed by atoms with van der Waals surface area (Å²) in [4.78, 5) is 0. The maximum absolute atomic E-state index is 10.7. The number of benzene rings is 2. The number of hydrogen-bond acceptors (Lipinski definition) is 2. The molecular weight excluding hydrogens is 246 g/mol. The highest BCUT2D eigenvalue weighted by Crippen LogP contribution is 2.33. The zero-order chi connectivity index (χ0) is 13.2. The van der Waals surface area contributed by atoms with Crippen molar-refractivity contribution in [3.05, 3.63) is 70.2 Å². The predicted octanol–water partition coefficient (Wildman–Crippen LogP) is 3.47. The molecule has 0 aliphatic heterocycles. The van der Waals surface area contributed by atoms with Crippen LogP contribution in [0, 0.1) is 11.3 Å². The van der Waals surface area contributed by atoms with E-state index in [0.717, 1.165) is 0 Å². The van der Waals surface area contributed by atoms with Gasteiger partial charge in [0.15, 0.2) is 0 Å². The van der Waals surface area contributed by atoms with Crippen LogP contribution in [0.15, 0.2) is 48.5 Å². The molecule has 0 fully saturated rings. The number of nitrogens with zero attached hydrogens (tertiary/aromatic N) is 1. The second-order valence-electron chi connectivity index (χ2n) is 4.24. The molecule has 2 nitrogen and oxygen atoms in total. The number of nitriles is 1. The standard InChI is InChI=1S/C15H12ClNO/c1-15(18,13-7-2-3-8-14(13)16)12-6-4-5-11(9-12)10-17/h2-9,18H,1H3. The van der Waals surface area contributed by atoms with Crippen molar-refractivity contribution < 1.29 is 5.11 Å². The molecule has 1 N–H and O–H groups in total. The van der Waals surface area contributed by atoms with Gasteiger partial charge >= 0.3 is 0 Å². The molecule has 0 radical (unpaired) electrons. The fraction of sp³-hybridized carbons (Fsp3) is 0.133. The lowest BCUT2D eigenvalue weighted by Crippen LogP contribution is -2.23. The second-order valence-corrected chi connectivity index (χ2v) is 4.65. The Balaban J connectivity index is 2.55. The Bertz CT molecular complexity index is 614. The molecule has 0 saturated carbocycles. The molecule has 0 amide bonds. The lowest BCUT2D eigenvalue weighted by atomic mass is 9.87. The van der Waals surface area contributed by atoms with Crippen LogP contribution in [-0.4, -0.2) is 5.11 Å². The van der Waals surface area contributed by atoms with Crippen LogP contribution in [0.25, 0.3) is 0 Å². The van der Waals surface area contributed by atoms with Crippen molar-refractivity contribution in [1.29, 1.82) is 5.26 Å². The van der Waals surface area contributed by atoms with Crippen LogP contribution in [0.2, 0.25) is 5.02 Å². The third-order valence-electron chi connectivity index (χ3n) is 2.95. The summed E-state index contributed by atoms with van der Waals surface area (Å²) in [6.45, 7) is 1.67. The largest absolute Gasteiger partial charge is 0.381 e. The summed E-state index contributed by atoms with van der Waals surface area (Å²) in [5.74, 6) is 0. The first kappa shape index (κ1) is 12.6. The van der Waals surface area contributed by atoms with E-state index in [1.54, 1.807) is 43.3 Å². The van der Waals surface area contributed by atoms with E-state index in [0.29, 0.717) is 21.7 Å². The van der Waals surface area contributed by atoms with Crippen molar-refractivity contribution in [2.45, 2.75) is 12.5 Å². The Hall–Kier alpha value is -1.82. The summed E-state index contributed by atoms with van der Waals surface area (Å²) in [6.07, 6.45) is 0. The Labute approximate surface area is 111 Å². The van der Waals surface area contributed by atoms with Crippen molar-refractivity contribution in [2.75, 3.05) is 0 Å². The third kappa shape index (κ3) is 2.24. The summed E-state index contributed by atoms with van der Waals surface area (Å²) in [5, 5.41) is 20.1. The smallest absolute Gasteiger partial charge is 0.113 e. The SMILES string of the molecule is CC(O)(c1cccc(C#N)c1)c1ccccc1Cl. The van der Waals surface area contributed by atoms with E-state index in [1.807, 2.05) is 12.1 Å². The first-order valence-corrected chi connectivity index (χ1v) is 5.91. The Morgan fingerprint density at radius 1 is 1.17 bits per heavy atom. The number of hydrogen-bond donors (Lipinski definition) is 1. The lowest BCUT2D eigenvalue weighted by molar-refractivity contribution is 0.102. The van der Waals surface area contributed by atoms with Gasteiger partial charge in [-0.05, 0) is 30.7 Å². The summed E-state index contributed by atoms with van der Waals surface area (Å²) in [6, 6.07) is 16.1. The maximum atomic E-state index is 10.7. The van der Waals surface area contributed by atoms with E-state index < -0.39 is 5.60 Å². The minimum atomic E-state index is -1.22. The van der Waals surface area contributed by atoms with Crippen LogP contribution in [0.4, 0.5) is 0 Å². The zero-order valence-electron chi connectivity index (χ0n) is 9.89. The van der Waals surface area contributed by atoms with Gasteiger partial charge in [-0.3, -0.25) is 0 Å². The van der Waals surface area contributed by atoms with Crippen molar-refractivity contribution in [1.82, 2.24) is 0 Å². The fourth-order valence-electron chi connectivity index (χ4n) is 1.90. The number of aliphatic hydroxyl groups is 1. The molecule has 1 unspecified atom stereocenters. The molecule has 0 aliphatic carbocycles. The lowest BCUT2D eigenvalue weighted by Gasteiger charge is -2.25. The van der Waals surface area contributed by atoms with Crippen molar-refractivity contribution >= 4 is 11.6 Å². The van der Waals surface area contributed by atoms with Gasteiger partial charge in [0.05, 0.1) is 11.6 Å². The number of rotatable bonds is 2. The van der Waals surface area contributed by atoms with E-state index in [9.17, 15) is 5.11 Å². The van der Waals surface area contributed by atoms with Gasteiger partial charge in [0.2, 0.25) is 0 Å². The molecule has 2 aromatic rings. The van der Waals surface area contributed by atoms with Gasteiger partial charge in [0.25, 0.3) is 0 Å². The predicted molar refractivity (Wildman–Crippen MR) is 71.3 cm³/mol. The number of halogens is 1. The molecular formula is C15H12ClNO. The van der Waals surface area contributed by atoms with Crippen LogP contribution in [0.3, 0.4) is 0 Å². The summed E-state index contributed by atoms with van der Waals surface area (Å²) in [7, 11) is 0. The van der Waals surface area contributed by atoms with Crippen molar-refractivity contribution in [2.24, 2.45) is 0 Å². The fourth-order valence-corrected chi connectivity index (χ4v) is 2.22. The molecule has 0 heterocycles. The molecule has 0 bridgehead atoms. The molecule has 2 aromatic carbocycles. The van der Waals surface area contributed by atoms with E-state index in [4.69, 9.17) is 16.9 Å². The van der Waals surface area contributed by atoms with Gasteiger partial charge in [-0.15, -0.1) is 0 Å². The van der Waals surface area contributed by atoms with E-state index in [1.165, 1.54) is 0 Å². The third-order valence-corrected chi connectivity index (χ3v) is 3.28. The topological polar surface area (TPSA) is 44.0 Å². The van der Waals surface area contributed by atoms with E-state index >= 15 is 0 Å². The quantitative estimate of drug-likeness (QED) is 0.895. The minimum Gasteiger partial charge on any atom is -0.381 e. The average Bonchev–Trinajstić information content (AvgIpc) is 2.39. The highest BCUT2D eigenvalue weighted by Gasteiger charge is 2.27. The van der Waals surface area contributed by atoms with Crippen molar-refractivity contribution in [3.63, 3.8) is 0 Å². The van der Waals surface area contributed by atoms with Gasteiger partial charge in [-0.25, -0.2) is 0 Å². The minimum absolute atomic E-state index is 0.505. The van der Waals surface area contributed by atoms with Crippen LogP contribution >= 0.6 is 11.6 Å². The highest BCUT2D eigenvalue weighted by molar-refractivity contribution is 6.31. The highest BCUT2D eigenvalue weighted by atomic mass is 35.5. The summed E-state index contributed by atoms with van der Waals surface area (Å²) >= 11 is 6.11. The Kier molecular flexibility index (Phi) is 3.38. The Morgan fingerprint density at radius 3 is 2.56 bits per heavy atom. The summed E-state index contributed by atoms with van der Waals surface area (Å²) < 4.78 is 0. The summed E-state index contributed by atoms with van der Waals surface area (Å²) in [5.41, 5.74) is 0.571. The van der Waals surface area contributed by atoms with Crippen LogP contribution in [-0.2, 0) is 5.60 Å². The molecule has 1 atom stereocenters. The molecule has 90 valence electrons. The van der Waals surface area contributed by atoms with Crippen LogP contribution in [0.1, 0.15) is 23.6 Å². The average molecular weight is 258 g/mol. The van der Waals surface area contributed by atoms with Crippen molar-refractivity contribution in [3.8, 4) is 6.07 Å². The molecule has 0 aliphatic rings. The van der Waals surface area contributed by atoms with Gasteiger partial charge in [-0.2, -0.15) is 5.26 Å². The molecule has 0 saturated heterocycles. The first-order chi connectivity index (χ1) is 8.55. The molecule has 2 rings (SSSR count). The molecule has 0 spiro atoms. The van der Waals surface area contributed by atoms with Crippen LogP contribution < -0.4 is 0 Å². The van der Waals surface area contributed by atoms with Gasteiger partial charge in [0, 0.05) is 10.6 Å². The molecule has 3 heteroatoms. The monoisotopic (exact) mass is 257 g/mol. The van der Waals surface area contributed by atoms with Gasteiger partial charge < -0.3 is 5.11 Å². The van der Waals surface area contributed by atoms with Gasteiger partial charge in [-0.1, -0.05) is 41.9 Å². The molecule has 0 aromatic heterocycles. The zero-order valence-corrected chi connectivity index (χ0v) is 10.6. The second kappa shape index (κ2) is 4.81. The Morgan fingerprint density at radius 2 is 1.89 bits per heavy atom. The van der Waals surface area contributed by atoms with Crippen LogP contribution in [0.5, 0.6) is 0 Å². The molecule has 18 heavy (non-hydrogen) atoms. The first-order valence-electron chi connectivity index (χ1n) is 5.53. The maximum Gasteiger partial charge on any atom is 0.113 e. The normalized spacial score (nSPS) is 13.7. The van der Waals surface area contributed by atoms with E-state index in [-0.39, 0.29) is 0 Å².